The van der Waals surface area contributed by atoms with E-state index >= 15 is 0 Å². The monoisotopic (exact) mass is 365 g/mol. The highest BCUT2D eigenvalue weighted by molar-refractivity contribution is 5.83. The van der Waals surface area contributed by atoms with Gasteiger partial charge in [0.25, 0.3) is 0 Å². The van der Waals surface area contributed by atoms with Gasteiger partial charge < -0.3 is 5.32 Å². The van der Waals surface area contributed by atoms with Crippen LogP contribution in [0.3, 0.4) is 0 Å². The minimum atomic E-state index is -0.0489. The number of amides is 1. The van der Waals surface area contributed by atoms with E-state index < -0.39 is 0 Å². The topological polar surface area (TPSA) is 29.1 Å². The molecule has 8 aliphatic carbocycles. The SMILES string of the molecule is C#CC12CC3CC(C1)CC(C14CC5CC(CC(C(=O)NCC)(C5)C1)C4)(C3)C2. The lowest BCUT2D eigenvalue weighted by Crippen LogP contribution is -2.66. The second-order valence-corrected chi connectivity index (χ2v) is 12.0. The fraction of sp³-hybridized carbons (Fsp3) is 0.880. The number of hydrogen-bond acceptors (Lipinski definition) is 1. The van der Waals surface area contributed by atoms with Gasteiger partial charge in [0, 0.05) is 12.0 Å². The van der Waals surface area contributed by atoms with Gasteiger partial charge in [0.2, 0.25) is 5.91 Å². The fourth-order valence-electron chi connectivity index (χ4n) is 10.5. The summed E-state index contributed by atoms with van der Waals surface area (Å²) >= 11 is 0. The highest BCUT2D eigenvalue weighted by atomic mass is 16.2. The Kier molecular flexibility index (Phi) is 3.22. The van der Waals surface area contributed by atoms with E-state index in [1.54, 1.807) is 0 Å². The molecule has 1 N–H and O–H groups in total. The largest absolute Gasteiger partial charge is 0.356 e. The van der Waals surface area contributed by atoms with Crippen LogP contribution < -0.4 is 5.32 Å². The van der Waals surface area contributed by atoms with Crippen LogP contribution in [0.1, 0.15) is 84.0 Å². The summed E-state index contributed by atoms with van der Waals surface area (Å²) in [6.07, 6.45) is 22.1. The lowest BCUT2D eigenvalue weighted by Gasteiger charge is -2.73. The fourth-order valence-corrected chi connectivity index (χ4v) is 10.5. The predicted octanol–water partition coefficient (Wildman–Crippen LogP) is 4.93. The van der Waals surface area contributed by atoms with Gasteiger partial charge in [-0.1, -0.05) is 5.92 Å². The van der Waals surface area contributed by atoms with Gasteiger partial charge >= 0.3 is 0 Å². The Balaban J connectivity index is 1.42. The molecular formula is C25H35NO. The molecule has 1 amide bonds. The second-order valence-electron chi connectivity index (χ2n) is 12.0. The first-order valence-corrected chi connectivity index (χ1v) is 11.7. The molecule has 8 aliphatic rings. The Hall–Kier alpha value is -0.970. The van der Waals surface area contributed by atoms with Crippen molar-refractivity contribution in [2.45, 2.75) is 84.0 Å². The van der Waals surface area contributed by atoms with Crippen molar-refractivity contribution in [1.29, 1.82) is 0 Å². The first-order chi connectivity index (χ1) is 12.9. The Morgan fingerprint density at radius 1 is 0.889 bits per heavy atom. The Bertz CT molecular complexity index is 701. The maximum absolute atomic E-state index is 13.2. The maximum Gasteiger partial charge on any atom is 0.226 e. The normalized spacial score (nSPS) is 56.9. The van der Waals surface area contributed by atoms with Crippen molar-refractivity contribution in [3.8, 4) is 12.3 Å². The molecule has 4 atom stereocenters. The van der Waals surface area contributed by atoms with Crippen LogP contribution in [0.25, 0.3) is 0 Å². The van der Waals surface area contributed by atoms with E-state index in [9.17, 15) is 4.79 Å². The van der Waals surface area contributed by atoms with Crippen molar-refractivity contribution in [3.63, 3.8) is 0 Å². The Morgan fingerprint density at radius 3 is 1.93 bits per heavy atom. The molecule has 146 valence electrons. The predicted molar refractivity (Wildman–Crippen MR) is 107 cm³/mol. The molecule has 0 heterocycles. The minimum absolute atomic E-state index is 0.0489. The molecule has 8 bridgehead atoms. The van der Waals surface area contributed by atoms with Crippen LogP contribution in [0, 0.1) is 57.7 Å². The summed E-state index contributed by atoms with van der Waals surface area (Å²) in [5, 5.41) is 3.24. The van der Waals surface area contributed by atoms with Gasteiger partial charge in [-0.15, -0.1) is 6.42 Å². The van der Waals surface area contributed by atoms with Gasteiger partial charge in [-0.2, -0.15) is 0 Å². The first-order valence-electron chi connectivity index (χ1n) is 11.7. The molecule has 0 spiro atoms. The van der Waals surface area contributed by atoms with Crippen LogP contribution >= 0.6 is 0 Å². The lowest BCUT2D eigenvalue weighted by molar-refractivity contribution is -0.228. The summed E-state index contributed by atoms with van der Waals surface area (Å²) in [6.45, 7) is 2.85. The highest BCUT2D eigenvalue weighted by Gasteiger charge is 2.70. The highest BCUT2D eigenvalue weighted by Crippen LogP contribution is 2.78. The molecule has 0 aromatic heterocycles. The first kappa shape index (κ1) is 16.9. The molecule has 0 aromatic rings. The number of nitrogens with one attached hydrogen (secondary N) is 1. The molecule has 8 saturated carbocycles. The Labute approximate surface area is 164 Å². The quantitative estimate of drug-likeness (QED) is 0.706. The molecule has 8 fully saturated rings. The number of carbonyl (C=O) groups excluding carboxylic acids is 1. The summed E-state index contributed by atoms with van der Waals surface area (Å²) in [6, 6.07) is 0. The lowest BCUT2D eigenvalue weighted by atomic mass is 9.31. The summed E-state index contributed by atoms with van der Waals surface area (Å²) in [4.78, 5) is 13.2. The van der Waals surface area contributed by atoms with Crippen molar-refractivity contribution in [3.05, 3.63) is 0 Å². The van der Waals surface area contributed by atoms with Gasteiger partial charge in [-0.25, -0.2) is 0 Å². The summed E-state index contributed by atoms with van der Waals surface area (Å²) in [5.41, 5.74) is 1.03. The van der Waals surface area contributed by atoms with Gasteiger partial charge in [-0.05, 0) is 118 Å². The summed E-state index contributed by atoms with van der Waals surface area (Å²) in [5.74, 6) is 7.06. The van der Waals surface area contributed by atoms with Crippen LogP contribution in [0.15, 0.2) is 0 Å². The third-order valence-electron chi connectivity index (χ3n) is 10.4. The van der Waals surface area contributed by atoms with Crippen molar-refractivity contribution < 1.29 is 4.79 Å². The average Bonchev–Trinajstić information content (AvgIpc) is 2.60. The van der Waals surface area contributed by atoms with Gasteiger partial charge in [0.15, 0.2) is 0 Å². The molecule has 0 radical (unpaired) electrons. The number of rotatable bonds is 3. The molecule has 4 unspecified atom stereocenters. The van der Waals surface area contributed by atoms with Crippen LogP contribution in [-0.2, 0) is 4.79 Å². The molecule has 0 saturated heterocycles. The zero-order valence-corrected chi connectivity index (χ0v) is 17.0. The number of carbonyl (C=O) groups is 1. The third-order valence-corrected chi connectivity index (χ3v) is 10.4. The third kappa shape index (κ3) is 2.07. The van der Waals surface area contributed by atoms with Crippen LogP contribution in [0.4, 0.5) is 0 Å². The summed E-state index contributed by atoms with van der Waals surface area (Å²) in [7, 11) is 0. The van der Waals surface area contributed by atoms with E-state index in [0.717, 1.165) is 30.2 Å². The molecular weight excluding hydrogens is 330 g/mol. The summed E-state index contributed by atoms with van der Waals surface area (Å²) < 4.78 is 0. The smallest absolute Gasteiger partial charge is 0.226 e. The maximum atomic E-state index is 13.2. The zero-order chi connectivity index (χ0) is 18.5. The van der Waals surface area contributed by atoms with E-state index in [-0.39, 0.29) is 10.8 Å². The van der Waals surface area contributed by atoms with Crippen molar-refractivity contribution in [2.24, 2.45) is 45.3 Å². The van der Waals surface area contributed by atoms with E-state index in [1.165, 1.54) is 77.0 Å². The van der Waals surface area contributed by atoms with Crippen LogP contribution in [-0.4, -0.2) is 12.5 Å². The van der Waals surface area contributed by atoms with E-state index in [4.69, 9.17) is 6.42 Å². The minimum Gasteiger partial charge on any atom is -0.356 e. The number of terminal acetylenes is 1. The molecule has 0 aliphatic heterocycles. The standard InChI is InChI=1S/C25H35NO/c1-3-22-7-17-5-18(8-22)12-24(11-17,15-22)25-13-19-6-20(14-25)10-23(9-19,16-25)21(27)26-4-2/h1,17-20H,4-16H2,2H3,(H,26,27). The van der Waals surface area contributed by atoms with E-state index in [2.05, 4.69) is 18.2 Å². The molecule has 2 heteroatoms. The van der Waals surface area contributed by atoms with Crippen molar-refractivity contribution >= 4 is 5.91 Å². The molecule has 2 nitrogen and oxygen atoms in total. The average molecular weight is 366 g/mol. The molecule has 8 rings (SSSR count). The zero-order valence-electron chi connectivity index (χ0n) is 17.0. The van der Waals surface area contributed by atoms with Crippen molar-refractivity contribution in [1.82, 2.24) is 5.32 Å². The van der Waals surface area contributed by atoms with Crippen LogP contribution in [0.5, 0.6) is 0 Å². The number of hydrogen-bond donors (Lipinski definition) is 1. The van der Waals surface area contributed by atoms with Gasteiger partial charge in [0.05, 0.1) is 5.41 Å². The second kappa shape index (κ2) is 5.14. The van der Waals surface area contributed by atoms with Gasteiger partial charge in [0.1, 0.15) is 0 Å². The van der Waals surface area contributed by atoms with Gasteiger partial charge in [-0.3, -0.25) is 4.79 Å². The molecule has 0 aromatic carbocycles. The van der Waals surface area contributed by atoms with Crippen molar-refractivity contribution in [2.75, 3.05) is 6.54 Å². The van der Waals surface area contributed by atoms with E-state index in [0.29, 0.717) is 16.7 Å². The molecule has 27 heavy (non-hydrogen) atoms. The van der Waals surface area contributed by atoms with E-state index in [1.807, 2.05) is 0 Å². The Morgan fingerprint density at radius 2 is 1.41 bits per heavy atom. The van der Waals surface area contributed by atoms with Crippen LogP contribution in [0.2, 0.25) is 0 Å².